The maximum absolute atomic E-state index is 9.48. The monoisotopic (exact) mass is 292 g/mol. The molecule has 0 saturated carbocycles. The molecular formula is C13H9BrOS. The van der Waals surface area contributed by atoms with Gasteiger partial charge in [0.05, 0.1) is 0 Å². The second-order valence-electron chi connectivity index (χ2n) is 3.83. The largest absolute Gasteiger partial charge is 0.508 e. The van der Waals surface area contributed by atoms with Crippen molar-refractivity contribution in [1.82, 2.24) is 0 Å². The van der Waals surface area contributed by atoms with E-state index >= 15 is 0 Å². The van der Waals surface area contributed by atoms with Gasteiger partial charge in [-0.05, 0) is 36.8 Å². The number of aryl methyl sites for hydroxylation is 1. The second kappa shape index (κ2) is 3.47. The van der Waals surface area contributed by atoms with Gasteiger partial charge >= 0.3 is 0 Å². The second-order valence-corrected chi connectivity index (χ2v) is 5.74. The molecule has 0 spiro atoms. The molecule has 0 aliphatic carbocycles. The van der Waals surface area contributed by atoms with Crippen LogP contribution in [-0.4, -0.2) is 5.11 Å². The zero-order valence-electron chi connectivity index (χ0n) is 8.62. The number of benzene rings is 2. The molecule has 80 valence electrons. The van der Waals surface area contributed by atoms with Crippen LogP contribution in [0.5, 0.6) is 5.75 Å². The van der Waals surface area contributed by atoms with Crippen LogP contribution in [0.25, 0.3) is 20.2 Å². The predicted molar refractivity (Wildman–Crippen MR) is 73.4 cm³/mol. The average Bonchev–Trinajstić information content (AvgIpc) is 2.62. The first-order chi connectivity index (χ1) is 7.66. The summed E-state index contributed by atoms with van der Waals surface area (Å²) in [6.07, 6.45) is 0. The molecule has 0 fully saturated rings. The summed E-state index contributed by atoms with van der Waals surface area (Å²) in [5.41, 5.74) is 1.26. The van der Waals surface area contributed by atoms with Crippen molar-refractivity contribution in [3.05, 3.63) is 40.4 Å². The van der Waals surface area contributed by atoms with E-state index < -0.39 is 0 Å². The molecule has 0 aliphatic rings. The predicted octanol–water partition coefficient (Wildman–Crippen LogP) is 4.83. The molecule has 0 unspecified atom stereocenters. The Morgan fingerprint density at radius 2 is 1.88 bits per heavy atom. The maximum atomic E-state index is 9.48. The fourth-order valence-electron chi connectivity index (χ4n) is 1.94. The quantitative estimate of drug-likeness (QED) is 0.629. The lowest BCUT2D eigenvalue weighted by Crippen LogP contribution is -1.74. The topological polar surface area (TPSA) is 20.2 Å². The molecular weight excluding hydrogens is 284 g/mol. The summed E-state index contributed by atoms with van der Waals surface area (Å²) in [5.74, 6) is 0.329. The maximum Gasteiger partial charge on any atom is 0.117 e. The Labute approximate surface area is 105 Å². The number of thiophene rings is 1. The minimum atomic E-state index is 0.329. The van der Waals surface area contributed by atoms with Crippen molar-refractivity contribution in [2.45, 2.75) is 6.92 Å². The lowest BCUT2D eigenvalue weighted by Gasteiger charge is -1.98. The average molecular weight is 293 g/mol. The van der Waals surface area contributed by atoms with Crippen LogP contribution in [0.3, 0.4) is 0 Å². The summed E-state index contributed by atoms with van der Waals surface area (Å²) < 4.78 is 3.56. The minimum absolute atomic E-state index is 0.329. The Morgan fingerprint density at radius 3 is 2.69 bits per heavy atom. The van der Waals surface area contributed by atoms with Crippen LogP contribution in [0.15, 0.2) is 34.8 Å². The molecule has 0 atom stereocenters. The first-order valence-corrected chi connectivity index (χ1v) is 6.58. The van der Waals surface area contributed by atoms with Crippen molar-refractivity contribution < 1.29 is 5.11 Å². The van der Waals surface area contributed by atoms with Gasteiger partial charge in [0, 0.05) is 24.6 Å². The Bertz CT molecular complexity index is 700. The van der Waals surface area contributed by atoms with Gasteiger partial charge in [0.15, 0.2) is 0 Å². The highest BCUT2D eigenvalue weighted by molar-refractivity contribution is 9.10. The van der Waals surface area contributed by atoms with Gasteiger partial charge in [-0.25, -0.2) is 0 Å². The Morgan fingerprint density at radius 1 is 1.12 bits per heavy atom. The van der Waals surface area contributed by atoms with Crippen molar-refractivity contribution in [3.8, 4) is 5.75 Å². The van der Waals surface area contributed by atoms with Gasteiger partial charge in [-0.2, -0.15) is 0 Å². The van der Waals surface area contributed by atoms with E-state index in [1.165, 1.54) is 21.0 Å². The minimum Gasteiger partial charge on any atom is -0.508 e. The van der Waals surface area contributed by atoms with Crippen molar-refractivity contribution >= 4 is 47.4 Å². The molecule has 2 aromatic carbocycles. The van der Waals surface area contributed by atoms with Gasteiger partial charge in [0.1, 0.15) is 5.75 Å². The molecule has 1 N–H and O–H groups in total. The van der Waals surface area contributed by atoms with Crippen molar-refractivity contribution in [2.75, 3.05) is 0 Å². The normalized spacial score (nSPS) is 11.4. The fourth-order valence-corrected chi connectivity index (χ4v) is 3.64. The molecule has 0 bridgehead atoms. The highest BCUT2D eigenvalue weighted by Gasteiger charge is 2.09. The summed E-state index contributed by atoms with van der Waals surface area (Å²) in [4.78, 5) is 0. The van der Waals surface area contributed by atoms with Crippen LogP contribution < -0.4 is 0 Å². The third-order valence-corrected chi connectivity index (χ3v) is 4.95. The Hall–Kier alpha value is -1.06. The highest BCUT2D eigenvalue weighted by atomic mass is 79.9. The molecule has 0 amide bonds. The van der Waals surface area contributed by atoms with E-state index in [9.17, 15) is 5.11 Å². The van der Waals surface area contributed by atoms with Crippen LogP contribution in [-0.2, 0) is 0 Å². The zero-order valence-corrected chi connectivity index (χ0v) is 11.0. The smallest absolute Gasteiger partial charge is 0.117 e. The first-order valence-electron chi connectivity index (χ1n) is 4.97. The van der Waals surface area contributed by atoms with Crippen molar-refractivity contribution in [3.63, 3.8) is 0 Å². The number of hydrogen-bond donors (Lipinski definition) is 1. The van der Waals surface area contributed by atoms with E-state index in [4.69, 9.17) is 0 Å². The number of fused-ring (bicyclic) bond motifs is 3. The van der Waals surface area contributed by atoms with Crippen LogP contribution >= 0.6 is 27.3 Å². The molecule has 3 heteroatoms. The third kappa shape index (κ3) is 1.35. The van der Waals surface area contributed by atoms with Gasteiger partial charge < -0.3 is 5.11 Å². The summed E-state index contributed by atoms with van der Waals surface area (Å²) in [6, 6.07) is 9.76. The number of rotatable bonds is 0. The van der Waals surface area contributed by atoms with Crippen molar-refractivity contribution in [2.24, 2.45) is 0 Å². The third-order valence-electron chi connectivity index (χ3n) is 2.81. The number of hydrogen-bond acceptors (Lipinski definition) is 2. The molecule has 0 aliphatic heterocycles. The van der Waals surface area contributed by atoms with E-state index in [1.807, 2.05) is 12.1 Å². The molecule has 1 nitrogen and oxygen atoms in total. The van der Waals surface area contributed by atoms with Gasteiger partial charge in [-0.3, -0.25) is 0 Å². The zero-order chi connectivity index (χ0) is 11.3. The first kappa shape index (κ1) is 10.1. The molecule has 1 heterocycles. The van der Waals surface area contributed by atoms with E-state index in [2.05, 4.69) is 35.0 Å². The summed E-state index contributed by atoms with van der Waals surface area (Å²) in [6.45, 7) is 2.11. The molecule has 3 rings (SSSR count). The van der Waals surface area contributed by atoms with Gasteiger partial charge in [-0.1, -0.05) is 22.0 Å². The summed E-state index contributed by atoms with van der Waals surface area (Å²) in [5, 5.41) is 12.0. The van der Waals surface area contributed by atoms with E-state index in [1.54, 1.807) is 17.4 Å². The number of phenols is 1. The molecule has 1 aromatic heterocycles. The van der Waals surface area contributed by atoms with Crippen LogP contribution in [0, 0.1) is 6.92 Å². The van der Waals surface area contributed by atoms with Crippen LogP contribution in [0.4, 0.5) is 0 Å². The van der Waals surface area contributed by atoms with Gasteiger partial charge in [0.25, 0.3) is 0 Å². The molecule has 16 heavy (non-hydrogen) atoms. The highest BCUT2D eigenvalue weighted by Crippen LogP contribution is 2.39. The molecule has 0 saturated heterocycles. The van der Waals surface area contributed by atoms with Gasteiger partial charge in [-0.15, -0.1) is 11.3 Å². The standard InChI is InChI=1S/C13H9BrOS/c1-7-11(14)5-4-10-9-3-2-8(15)6-12(9)16-13(7)10/h2-6,15H,1H3. The molecule has 3 aromatic rings. The lowest BCUT2D eigenvalue weighted by atomic mass is 10.1. The van der Waals surface area contributed by atoms with Crippen molar-refractivity contribution in [1.29, 1.82) is 0 Å². The SMILES string of the molecule is Cc1c(Br)ccc2c1sc1cc(O)ccc12. The Balaban J connectivity index is 2.55. The molecule has 0 radical (unpaired) electrons. The van der Waals surface area contributed by atoms with E-state index in [0.29, 0.717) is 5.75 Å². The van der Waals surface area contributed by atoms with Crippen LogP contribution in [0.1, 0.15) is 5.56 Å². The summed E-state index contributed by atoms with van der Waals surface area (Å²) >= 11 is 5.27. The Kier molecular flexibility index (Phi) is 2.19. The van der Waals surface area contributed by atoms with Crippen LogP contribution in [0.2, 0.25) is 0 Å². The lowest BCUT2D eigenvalue weighted by molar-refractivity contribution is 0.476. The number of halogens is 1. The summed E-state index contributed by atoms with van der Waals surface area (Å²) in [7, 11) is 0. The van der Waals surface area contributed by atoms with E-state index in [0.717, 1.165) is 9.17 Å². The number of phenolic OH excluding ortho intramolecular Hbond substituents is 1. The van der Waals surface area contributed by atoms with E-state index in [-0.39, 0.29) is 0 Å². The van der Waals surface area contributed by atoms with Gasteiger partial charge in [0.2, 0.25) is 0 Å². The fraction of sp³-hybridized carbons (Fsp3) is 0.0769. The number of aromatic hydroxyl groups is 1.